The van der Waals surface area contributed by atoms with E-state index in [0.717, 1.165) is 17.5 Å². The lowest BCUT2D eigenvalue weighted by atomic mass is 9.98. The summed E-state index contributed by atoms with van der Waals surface area (Å²) in [5.74, 6) is -0.808. The first-order valence-corrected chi connectivity index (χ1v) is 7.55. The molecule has 1 heterocycles. The molecule has 0 fully saturated rings. The van der Waals surface area contributed by atoms with Gasteiger partial charge in [-0.05, 0) is 24.0 Å². The standard InChI is InChI=1S/C16H18N4O5/c1-9(2)11-6-4-5-10(3)13(11)19-12(21)7-25-16-14(20(23)24)15(22)17-8-18-16/h4-6,8-9H,7H2,1-3H3,(H,19,21)(H,17,18,22). The fourth-order valence-corrected chi connectivity index (χ4v) is 2.29. The zero-order valence-corrected chi connectivity index (χ0v) is 14.0. The third-order valence-corrected chi connectivity index (χ3v) is 3.51. The Morgan fingerprint density at radius 2 is 2.16 bits per heavy atom. The second kappa shape index (κ2) is 7.56. The number of aryl methyl sites for hydroxylation is 1. The summed E-state index contributed by atoms with van der Waals surface area (Å²) in [5.41, 5.74) is 0.748. The number of nitrogens with one attached hydrogen (secondary N) is 2. The van der Waals surface area contributed by atoms with Gasteiger partial charge in [-0.25, -0.2) is 0 Å². The third-order valence-electron chi connectivity index (χ3n) is 3.51. The number of hydrogen-bond donors (Lipinski definition) is 2. The van der Waals surface area contributed by atoms with Crippen molar-refractivity contribution in [1.82, 2.24) is 9.97 Å². The molecule has 0 spiro atoms. The van der Waals surface area contributed by atoms with E-state index in [0.29, 0.717) is 5.69 Å². The molecule has 0 bridgehead atoms. The highest BCUT2D eigenvalue weighted by atomic mass is 16.6. The Hall–Kier alpha value is -3.23. The number of hydrogen-bond acceptors (Lipinski definition) is 6. The summed E-state index contributed by atoms with van der Waals surface area (Å²) >= 11 is 0. The molecule has 132 valence electrons. The van der Waals surface area contributed by atoms with Gasteiger partial charge in [0.05, 0.1) is 11.3 Å². The Balaban J connectivity index is 2.15. The predicted molar refractivity (Wildman–Crippen MR) is 90.9 cm³/mol. The lowest BCUT2D eigenvalue weighted by molar-refractivity contribution is -0.387. The predicted octanol–water partition coefficient (Wildman–Crippen LogP) is 2.13. The zero-order chi connectivity index (χ0) is 18.6. The van der Waals surface area contributed by atoms with E-state index in [2.05, 4.69) is 15.3 Å². The van der Waals surface area contributed by atoms with Gasteiger partial charge in [-0.2, -0.15) is 4.98 Å². The van der Waals surface area contributed by atoms with Crippen LogP contribution in [0.5, 0.6) is 5.88 Å². The van der Waals surface area contributed by atoms with E-state index in [1.165, 1.54) is 0 Å². The highest BCUT2D eigenvalue weighted by molar-refractivity contribution is 5.93. The van der Waals surface area contributed by atoms with Gasteiger partial charge in [-0.15, -0.1) is 0 Å². The number of nitro groups is 1. The van der Waals surface area contributed by atoms with Crippen molar-refractivity contribution in [1.29, 1.82) is 0 Å². The van der Waals surface area contributed by atoms with E-state index in [4.69, 9.17) is 4.74 Å². The van der Waals surface area contributed by atoms with Crippen LogP contribution in [-0.4, -0.2) is 27.4 Å². The number of aromatic amines is 1. The number of aromatic nitrogens is 2. The summed E-state index contributed by atoms with van der Waals surface area (Å²) in [6, 6.07) is 5.68. The van der Waals surface area contributed by atoms with Crippen molar-refractivity contribution >= 4 is 17.3 Å². The van der Waals surface area contributed by atoms with Crippen LogP contribution in [-0.2, 0) is 4.79 Å². The average Bonchev–Trinajstić information content (AvgIpc) is 2.54. The molecule has 0 atom stereocenters. The lowest BCUT2D eigenvalue weighted by Gasteiger charge is -2.16. The summed E-state index contributed by atoms with van der Waals surface area (Å²) in [6.07, 6.45) is 0.973. The van der Waals surface area contributed by atoms with Gasteiger partial charge in [0.25, 0.3) is 5.91 Å². The molecule has 9 heteroatoms. The molecule has 0 aliphatic heterocycles. The van der Waals surface area contributed by atoms with Crippen molar-refractivity contribution < 1.29 is 14.5 Å². The maximum Gasteiger partial charge on any atom is 0.395 e. The number of benzene rings is 1. The van der Waals surface area contributed by atoms with E-state index in [1.54, 1.807) is 0 Å². The van der Waals surface area contributed by atoms with E-state index in [9.17, 15) is 19.7 Å². The van der Waals surface area contributed by atoms with Crippen LogP contribution in [0, 0.1) is 17.0 Å². The topological polar surface area (TPSA) is 127 Å². The number of ether oxygens (including phenoxy) is 1. The molecule has 1 amide bonds. The van der Waals surface area contributed by atoms with Crippen LogP contribution < -0.4 is 15.6 Å². The Morgan fingerprint density at radius 1 is 1.44 bits per heavy atom. The van der Waals surface area contributed by atoms with Gasteiger partial charge >= 0.3 is 17.1 Å². The Bertz CT molecular complexity index is 860. The Labute approximate surface area is 143 Å². The molecule has 1 aromatic carbocycles. The van der Waals surface area contributed by atoms with E-state index >= 15 is 0 Å². The first-order chi connectivity index (χ1) is 11.8. The van der Waals surface area contributed by atoms with Gasteiger partial charge in [0.2, 0.25) is 0 Å². The van der Waals surface area contributed by atoms with Crippen LogP contribution >= 0.6 is 0 Å². The quantitative estimate of drug-likeness (QED) is 0.609. The van der Waals surface area contributed by atoms with E-state index in [-0.39, 0.29) is 5.92 Å². The number of H-pyrrole nitrogens is 1. The number of amides is 1. The summed E-state index contributed by atoms with van der Waals surface area (Å²) < 4.78 is 5.07. The first kappa shape index (κ1) is 18.1. The molecule has 1 aromatic heterocycles. The number of rotatable bonds is 6. The molecule has 2 N–H and O–H groups in total. The molecule has 0 saturated carbocycles. The fourth-order valence-electron chi connectivity index (χ4n) is 2.29. The summed E-state index contributed by atoms with van der Waals surface area (Å²) in [7, 11) is 0. The highest BCUT2D eigenvalue weighted by Crippen LogP contribution is 2.27. The molecule has 2 aromatic rings. The van der Waals surface area contributed by atoms with Crippen molar-refractivity contribution in [2.24, 2.45) is 0 Å². The van der Waals surface area contributed by atoms with Crippen LogP contribution in [0.2, 0.25) is 0 Å². The minimum absolute atomic E-state index is 0.201. The smallest absolute Gasteiger partial charge is 0.395 e. The van der Waals surface area contributed by atoms with Gasteiger partial charge in [0, 0.05) is 5.69 Å². The normalized spacial score (nSPS) is 10.6. The van der Waals surface area contributed by atoms with Crippen LogP contribution in [0.3, 0.4) is 0 Å². The van der Waals surface area contributed by atoms with Gasteiger partial charge in [0.15, 0.2) is 6.61 Å². The summed E-state index contributed by atoms with van der Waals surface area (Å²) in [4.78, 5) is 39.3. The molecule has 0 unspecified atom stereocenters. The van der Waals surface area contributed by atoms with Crippen LogP contribution in [0.1, 0.15) is 30.9 Å². The minimum atomic E-state index is -0.948. The second-order valence-electron chi connectivity index (χ2n) is 5.67. The van der Waals surface area contributed by atoms with Gasteiger partial charge in [-0.3, -0.25) is 19.7 Å². The average molecular weight is 346 g/mol. The van der Waals surface area contributed by atoms with Crippen LogP contribution in [0.25, 0.3) is 0 Å². The molecule has 9 nitrogen and oxygen atoms in total. The van der Waals surface area contributed by atoms with Crippen LogP contribution in [0.4, 0.5) is 11.4 Å². The van der Waals surface area contributed by atoms with Crippen molar-refractivity contribution in [2.45, 2.75) is 26.7 Å². The number of anilines is 1. The van der Waals surface area contributed by atoms with Crippen molar-refractivity contribution in [2.75, 3.05) is 11.9 Å². The third kappa shape index (κ3) is 4.19. The maximum absolute atomic E-state index is 12.2. The van der Waals surface area contributed by atoms with Crippen molar-refractivity contribution in [3.8, 4) is 5.88 Å². The monoisotopic (exact) mass is 346 g/mol. The highest BCUT2D eigenvalue weighted by Gasteiger charge is 2.23. The van der Waals surface area contributed by atoms with Gasteiger partial charge in [0.1, 0.15) is 0 Å². The number of nitrogens with zero attached hydrogens (tertiary/aromatic N) is 2. The van der Waals surface area contributed by atoms with Gasteiger partial charge in [-0.1, -0.05) is 32.0 Å². The molecule has 0 aliphatic rings. The molecule has 0 aliphatic carbocycles. The lowest BCUT2D eigenvalue weighted by Crippen LogP contribution is -2.23. The molecule has 0 saturated heterocycles. The number of para-hydroxylation sites is 1. The maximum atomic E-state index is 12.2. The van der Waals surface area contributed by atoms with Crippen molar-refractivity contribution in [3.63, 3.8) is 0 Å². The Kier molecular flexibility index (Phi) is 5.48. The summed E-state index contributed by atoms with van der Waals surface area (Å²) in [6.45, 7) is 5.36. The van der Waals surface area contributed by atoms with E-state index < -0.39 is 34.6 Å². The van der Waals surface area contributed by atoms with Crippen molar-refractivity contribution in [3.05, 3.63) is 56.1 Å². The second-order valence-corrected chi connectivity index (χ2v) is 5.67. The fraction of sp³-hybridized carbons (Fsp3) is 0.312. The number of carbonyl (C=O) groups is 1. The van der Waals surface area contributed by atoms with Crippen LogP contribution in [0.15, 0.2) is 29.3 Å². The zero-order valence-electron chi connectivity index (χ0n) is 14.0. The summed E-state index contributed by atoms with van der Waals surface area (Å²) in [5, 5.41) is 13.7. The molecule has 2 rings (SSSR count). The van der Waals surface area contributed by atoms with Gasteiger partial charge < -0.3 is 15.0 Å². The first-order valence-electron chi connectivity index (χ1n) is 7.55. The van der Waals surface area contributed by atoms with E-state index in [1.807, 2.05) is 39.0 Å². The number of carbonyl (C=O) groups excluding carboxylic acids is 1. The molecular weight excluding hydrogens is 328 g/mol. The molecular formula is C16H18N4O5. The molecule has 0 radical (unpaired) electrons. The SMILES string of the molecule is Cc1cccc(C(C)C)c1NC(=O)COc1nc[nH]c(=O)c1[N+](=O)[O-]. The molecule has 25 heavy (non-hydrogen) atoms. The largest absolute Gasteiger partial charge is 0.462 e. The Morgan fingerprint density at radius 3 is 2.80 bits per heavy atom. The minimum Gasteiger partial charge on any atom is -0.462 e.